The van der Waals surface area contributed by atoms with Gasteiger partial charge in [-0.15, -0.1) is 0 Å². The SMILES string of the molecule is C=CNc1cc(Nc2ccc(N3CCN(CC)CC3)cc2)ncn1. The highest BCUT2D eigenvalue weighted by atomic mass is 15.3. The van der Waals surface area contributed by atoms with Crippen molar-refractivity contribution in [2.45, 2.75) is 6.92 Å². The molecule has 0 spiro atoms. The molecule has 1 saturated heterocycles. The van der Waals surface area contributed by atoms with Gasteiger partial charge in [-0.2, -0.15) is 0 Å². The predicted molar refractivity (Wildman–Crippen MR) is 99.9 cm³/mol. The third-order valence-corrected chi connectivity index (χ3v) is 4.24. The lowest BCUT2D eigenvalue weighted by Gasteiger charge is -2.35. The van der Waals surface area contributed by atoms with E-state index in [4.69, 9.17) is 0 Å². The Labute approximate surface area is 143 Å². The maximum Gasteiger partial charge on any atom is 0.135 e. The largest absolute Gasteiger partial charge is 0.369 e. The van der Waals surface area contributed by atoms with Crippen LogP contribution in [0.25, 0.3) is 0 Å². The summed E-state index contributed by atoms with van der Waals surface area (Å²) in [5.41, 5.74) is 2.28. The fourth-order valence-corrected chi connectivity index (χ4v) is 2.83. The topological polar surface area (TPSA) is 56.3 Å². The van der Waals surface area contributed by atoms with Crippen molar-refractivity contribution in [2.24, 2.45) is 0 Å². The zero-order chi connectivity index (χ0) is 16.8. The summed E-state index contributed by atoms with van der Waals surface area (Å²) in [7, 11) is 0. The highest BCUT2D eigenvalue weighted by Crippen LogP contribution is 2.22. The molecule has 2 N–H and O–H groups in total. The second kappa shape index (κ2) is 7.79. The van der Waals surface area contributed by atoms with Crippen LogP contribution < -0.4 is 15.5 Å². The second-order valence-electron chi connectivity index (χ2n) is 5.73. The molecule has 1 aromatic heterocycles. The summed E-state index contributed by atoms with van der Waals surface area (Å²) in [4.78, 5) is 13.3. The summed E-state index contributed by atoms with van der Waals surface area (Å²) in [5, 5.41) is 6.25. The van der Waals surface area contributed by atoms with Gasteiger partial charge in [-0.25, -0.2) is 9.97 Å². The smallest absolute Gasteiger partial charge is 0.135 e. The molecule has 0 unspecified atom stereocenters. The molecule has 1 fully saturated rings. The Bertz CT molecular complexity index is 661. The first-order valence-electron chi connectivity index (χ1n) is 8.32. The molecular formula is C18H24N6. The summed E-state index contributed by atoms with van der Waals surface area (Å²) in [5.74, 6) is 1.46. The van der Waals surface area contributed by atoms with E-state index in [1.807, 2.05) is 6.07 Å². The van der Waals surface area contributed by atoms with E-state index in [2.05, 4.69) is 68.2 Å². The summed E-state index contributed by atoms with van der Waals surface area (Å²) in [6, 6.07) is 10.3. The molecule has 6 nitrogen and oxygen atoms in total. The van der Waals surface area contributed by atoms with Crippen LogP contribution in [0.5, 0.6) is 0 Å². The van der Waals surface area contributed by atoms with Gasteiger partial charge in [-0.05, 0) is 37.0 Å². The van der Waals surface area contributed by atoms with Crippen LogP contribution in [-0.2, 0) is 0 Å². The molecule has 126 valence electrons. The van der Waals surface area contributed by atoms with Crippen LogP contribution in [0.4, 0.5) is 23.0 Å². The first kappa shape index (κ1) is 16.3. The fourth-order valence-electron chi connectivity index (χ4n) is 2.83. The number of benzene rings is 1. The minimum Gasteiger partial charge on any atom is -0.369 e. The van der Waals surface area contributed by atoms with Crippen LogP contribution in [0, 0.1) is 0 Å². The van der Waals surface area contributed by atoms with Crippen LogP contribution in [0.3, 0.4) is 0 Å². The number of nitrogens with zero attached hydrogens (tertiary/aromatic N) is 4. The van der Waals surface area contributed by atoms with Crippen molar-refractivity contribution < 1.29 is 0 Å². The normalized spacial score (nSPS) is 15.1. The average molecular weight is 324 g/mol. The van der Waals surface area contributed by atoms with Gasteiger partial charge in [-0.1, -0.05) is 13.5 Å². The van der Waals surface area contributed by atoms with Crippen molar-refractivity contribution in [2.75, 3.05) is 48.3 Å². The monoisotopic (exact) mass is 324 g/mol. The maximum absolute atomic E-state index is 4.23. The average Bonchev–Trinajstić information content (AvgIpc) is 2.63. The Hall–Kier alpha value is -2.60. The molecule has 24 heavy (non-hydrogen) atoms. The number of nitrogens with one attached hydrogen (secondary N) is 2. The Kier molecular flexibility index (Phi) is 5.28. The van der Waals surface area contributed by atoms with E-state index in [9.17, 15) is 0 Å². The molecule has 1 aliphatic rings. The molecule has 0 saturated carbocycles. The van der Waals surface area contributed by atoms with Gasteiger partial charge in [0.15, 0.2) is 0 Å². The van der Waals surface area contributed by atoms with E-state index in [-0.39, 0.29) is 0 Å². The minimum atomic E-state index is 0.716. The molecule has 6 heteroatoms. The highest BCUT2D eigenvalue weighted by Gasteiger charge is 2.15. The number of aromatic nitrogens is 2. The predicted octanol–water partition coefficient (Wildman–Crippen LogP) is 2.92. The second-order valence-corrected chi connectivity index (χ2v) is 5.73. The van der Waals surface area contributed by atoms with Gasteiger partial charge >= 0.3 is 0 Å². The lowest BCUT2D eigenvalue weighted by atomic mass is 10.2. The van der Waals surface area contributed by atoms with E-state index in [1.165, 1.54) is 12.0 Å². The highest BCUT2D eigenvalue weighted by molar-refractivity contribution is 5.62. The number of likely N-dealkylation sites (N-methyl/N-ethyl adjacent to an activating group) is 1. The molecule has 0 amide bonds. The number of rotatable bonds is 6. The molecule has 0 atom stereocenters. The van der Waals surface area contributed by atoms with Gasteiger partial charge < -0.3 is 20.4 Å². The zero-order valence-corrected chi connectivity index (χ0v) is 14.1. The number of piperazine rings is 1. The molecule has 0 aliphatic carbocycles. The maximum atomic E-state index is 4.23. The van der Waals surface area contributed by atoms with Gasteiger partial charge in [-0.3, -0.25) is 0 Å². The van der Waals surface area contributed by atoms with Gasteiger partial charge in [0.25, 0.3) is 0 Å². The Morgan fingerprint density at radius 1 is 1.08 bits per heavy atom. The Morgan fingerprint density at radius 3 is 2.46 bits per heavy atom. The van der Waals surface area contributed by atoms with E-state index in [0.29, 0.717) is 5.82 Å². The quantitative estimate of drug-likeness (QED) is 0.852. The van der Waals surface area contributed by atoms with E-state index in [0.717, 1.165) is 44.2 Å². The van der Waals surface area contributed by atoms with Crippen LogP contribution in [0.2, 0.25) is 0 Å². The van der Waals surface area contributed by atoms with Crippen molar-refractivity contribution in [1.29, 1.82) is 0 Å². The van der Waals surface area contributed by atoms with Gasteiger partial charge in [0.05, 0.1) is 0 Å². The fraction of sp³-hybridized carbons (Fsp3) is 0.333. The lowest BCUT2D eigenvalue weighted by Crippen LogP contribution is -2.46. The standard InChI is InChI=1S/C18H24N6/c1-3-19-17-13-18(21-14-20-17)22-15-5-7-16(8-6-15)24-11-9-23(4-2)10-12-24/h3,5-8,13-14H,1,4,9-12H2,2H3,(H2,19,20,21,22). The molecule has 1 aromatic carbocycles. The molecule has 2 aromatic rings. The van der Waals surface area contributed by atoms with Gasteiger partial charge in [0, 0.05) is 43.6 Å². The molecule has 0 radical (unpaired) electrons. The van der Waals surface area contributed by atoms with E-state index >= 15 is 0 Å². The first-order chi connectivity index (χ1) is 11.8. The third kappa shape index (κ3) is 4.02. The van der Waals surface area contributed by atoms with Gasteiger partial charge in [0.1, 0.15) is 18.0 Å². The van der Waals surface area contributed by atoms with Gasteiger partial charge in [0.2, 0.25) is 0 Å². The molecule has 1 aliphatic heterocycles. The summed E-state index contributed by atoms with van der Waals surface area (Å²) in [6.07, 6.45) is 3.12. The van der Waals surface area contributed by atoms with Crippen molar-refractivity contribution in [3.05, 3.63) is 49.4 Å². The van der Waals surface area contributed by atoms with Crippen LogP contribution >= 0.6 is 0 Å². The zero-order valence-electron chi connectivity index (χ0n) is 14.1. The molecule has 2 heterocycles. The van der Waals surface area contributed by atoms with E-state index in [1.54, 1.807) is 6.20 Å². The van der Waals surface area contributed by atoms with Crippen LogP contribution in [-0.4, -0.2) is 47.6 Å². The Morgan fingerprint density at radius 2 is 1.79 bits per heavy atom. The molecule has 3 rings (SSSR count). The Balaban J connectivity index is 1.62. The summed E-state index contributed by atoms with van der Waals surface area (Å²) < 4.78 is 0. The first-order valence-corrected chi connectivity index (χ1v) is 8.32. The van der Waals surface area contributed by atoms with E-state index < -0.39 is 0 Å². The minimum absolute atomic E-state index is 0.716. The third-order valence-electron chi connectivity index (χ3n) is 4.24. The van der Waals surface area contributed by atoms with Crippen molar-refractivity contribution in [1.82, 2.24) is 14.9 Å². The number of anilines is 4. The van der Waals surface area contributed by atoms with Crippen LogP contribution in [0.15, 0.2) is 49.4 Å². The number of hydrogen-bond donors (Lipinski definition) is 2. The summed E-state index contributed by atoms with van der Waals surface area (Å²) in [6.45, 7) is 11.4. The molecular weight excluding hydrogens is 300 g/mol. The number of hydrogen-bond acceptors (Lipinski definition) is 6. The van der Waals surface area contributed by atoms with Crippen LogP contribution in [0.1, 0.15) is 6.92 Å². The van der Waals surface area contributed by atoms with Crippen molar-refractivity contribution in [3.8, 4) is 0 Å². The summed E-state index contributed by atoms with van der Waals surface area (Å²) >= 11 is 0. The lowest BCUT2D eigenvalue weighted by molar-refractivity contribution is 0.271. The van der Waals surface area contributed by atoms with Crippen molar-refractivity contribution in [3.63, 3.8) is 0 Å². The van der Waals surface area contributed by atoms with Crippen molar-refractivity contribution >= 4 is 23.0 Å². The molecule has 0 bridgehead atoms.